The van der Waals surface area contributed by atoms with Crippen LogP contribution in [-0.4, -0.2) is 12.9 Å². The van der Waals surface area contributed by atoms with E-state index in [1.165, 1.54) is 22.3 Å². The van der Waals surface area contributed by atoms with Crippen molar-refractivity contribution in [3.8, 4) is 5.75 Å². The molecule has 2 nitrogen and oxygen atoms in total. The Kier molecular flexibility index (Phi) is 4.64. The summed E-state index contributed by atoms with van der Waals surface area (Å²) < 4.78 is 5.33. The maximum absolute atomic E-state index is 12.0. The third-order valence-corrected chi connectivity index (χ3v) is 5.23. The summed E-state index contributed by atoms with van der Waals surface area (Å²) in [6, 6.07) is 24.8. The number of aryl methyl sites for hydroxylation is 1. The smallest absolute Gasteiger partial charge is 0.159 e. The van der Waals surface area contributed by atoms with E-state index in [1.54, 1.807) is 14.0 Å². The van der Waals surface area contributed by atoms with Gasteiger partial charge in [-0.2, -0.15) is 0 Å². The maximum Gasteiger partial charge on any atom is 0.159 e. The Bertz CT molecular complexity index is 1010. The first-order chi connectivity index (χ1) is 13.2. The van der Waals surface area contributed by atoms with Crippen molar-refractivity contribution in [2.75, 3.05) is 7.11 Å². The number of hydrogen-bond acceptors (Lipinski definition) is 2. The summed E-state index contributed by atoms with van der Waals surface area (Å²) in [7, 11) is 1.68. The Balaban J connectivity index is 1.97. The van der Waals surface area contributed by atoms with E-state index in [0.717, 1.165) is 35.3 Å². The summed E-state index contributed by atoms with van der Waals surface area (Å²) >= 11 is 0. The molecule has 134 valence electrons. The predicted molar refractivity (Wildman–Crippen MR) is 110 cm³/mol. The van der Waals surface area contributed by atoms with Crippen molar-refractivity contribution in [3.63, 3.8) is 0 Å². The van der Waals surface area contributed by atoms with Crippen LogP contribution in [0.25, 0.3) is 11.1 Å². The minimum absolute atomic E-state index is 0.0960. The molecule has 0 bridgehead atoms. The summed E-state index contributed by atoms with van der Waals surface area (Å²) in [5, 5.41) is 0. The molecule has 0 aliphatic heterocycles. The predicted octanol–water partition coefficient (Wildman–Crippen LogP) is 5.80. The SMILES string of the molecule is COc1ccc(C2=C(c3ccccc3)CCc3ccc(C(C)=O)cc32)cc1. The second-order valence-electron chi connectivity index (χ2n) is 6.88. The van der Waals surface area contributed by atoms with Gasteiger partial charge in [-0.1, -0.05) is 54.6 Å². The molecule has 4 rings (SSSR count). The van der Waals surface area contributed by atoms with Gasteiger partial charge in [0.05, 0.1) is 7.11 Å². The fourth-order valence-electron chi connectivity index (χ4n) is 3.81. The van der Waals surface area contributed by atoms with Crippen LogP contribution in [0.5, 0.6) is 5.75 Å². The average molecular weight is 354 g/mol. The normalized spacial score (nSPS) is 13.3. The largest absolute Gasteiger partial charge is 0.497 e. The summed E-state index contributed by atoms with van der Waals surface area (Å²) in [5.74, 6) is 0.938. The molecule has 0 spiro atoms. The molecule has 0 unspecified atom stereocenters. The number of ether oxygens (including phenoxy) is 1. The average Bonchev–Trinajstić information content (AvgIpc) is 2.73. The van der Waals surface area contributed by atoms with Gasteiger partial charge in [0.2, 0.25) is 0 Å². The number of carbonyl (C=O) groups is 1. The number of allylic oxidation sites excluding steroid dienone is 1. The number of carbonyl (C=O) groups excluding carboxylic acids is 1. The molecule has 0 N–H and O–H groups in total. The van der Waals surface area contributed by atoms with Gasteiger partial charge in [-0.3, -0.25) is 4.79 Å². The second kappa shape index (κ2) is 7.24. The van der Waals surface area contributed by atoms with Gasteiger partial charge in [0.1, 0.15) is 5.75 Å². The summed E-state index contributed by atoms with van der Waals surface area (Å²) in [4.78, 5) is 12.0. The molecule has 0 heterocycles. The van der Waals surface area contributed by atoms with Gasteiger partial charge in [0.25, 0.3) is 0 Å². The quantitative estimate of drug-likeness (QED) is 0.553. The van der Waals surface area contributed by atoms with Crippen molar-refractivity contribution in [1.82, 2.24) is 0 Å². The van der Waals surface area contributed by atoms with Crippen molar-refractivity contribution in [1.29, 1.82) is 0 Å². The minimum Gasteiger partial charge on any atom is -0.497 e. The van der Waals surface area contributed by atoms with Gasteiger partial charge in [-0.05, 0) is 71.4 Å². The van der Waals surface area contributed by atoms with E-state index in [4.69, 9.17) is 4.74 Å². The van der Waals surface area contributed by atoms with Gasteiger partial charge in [-0.25, -0.2) is 0 Å². The third kappa shape index (κ3) is 3.31. The Labute approximate surface area is 160 Å². The van der Waals surface area contributed by atoms with Crippen molar-refractivity contribution in [2.45, 2.75) is 19.8 Å². The number of benzene rings is 3. The minimum atomic E-state index is 0.0960. The molecule has 0 aromatic heterocycles. The van der Waals surface area contributed by atoms with E-state index in [2.05, 4.69) is 48.5 Å². The molecule has 0 saturated carbocycles. The van der Waals surface area contributed by atoms with Crippen LogP contribution in [0.3, 0.4) is 0 Å². The Morgan fingerprint density at radius 2 is 1.59 bits per heavy atom. The molecule has 3 aromatic rings. The van der Waals surface area contributed by atoms with Gasteiger partial charge in [-0.15, -0.1) is 0 Å². The van der Waals surface area contributed by atoms with Crippen LogP contribution in [-0.2, 0) is 6.42 Å². The lowest BCUT2D eigenvalue weighted by atomic mass is 9.79. The lowest BCUT2D eigenvalue weighted by molar-refractivity contribution is 0.101. The molecule has 0 fully saturated rings. The molecule has 2 heteroatoms. The first kappa shape index (κ1) is 17.3. The molecule has 0 radical (unpaired) electrons. The monoisotopic (exact) mass is 354 g/mol. The topological polar surface area (TPSA) is 26.3 Å². The van der Waals surface area contributed by atoms with Crippen LogP contribution in [0, 0.1) is 0 Å². The molecule has 0 atom stereocenters. The standard InChI is InChI=1S/C25H22O2/c1-17(26)21-9-8-19-12-15-23(18-6-4-3-5-7-18)25(24(19)16-21)20-10-13-22(27-2)14-11-20/h3-11,13-14,16H,12,15H2,1-2H3. The Morgan fingerprint density at radius 1 is 0.852 bits per heavy atom. The van der Waals surface area contributed by atoms with Crippen LogP contribution in [0.15, 0.2) is 72.8 Å². The number of hydrogen-bond donors (Lipinski definition) is 0. The van der Waals surface area contributed by atoms with Gasteiger partial charge >= 0.3 is 0 Å². The Hall–Kier alpha value is -3.13. The lowest BCUT2D eigenvalue weighted by Crippen LogP contribution is -2.08. The maximum atomic E-state index is 12.0. The number of rotatable bonds is 4. The zero-order valence-corrected chi connectivity index (χ0v) is 15.7. The van der Waals surface area contributed by atoms with Crippen molar-refractivity contribution < 1.29 is 9.53 Å². The second-order valence-corrected chi connectivity index (χ2v) is 6.88. The van der Waals surface area contributed by atoms with Gasteiger partial charge in [0.15, 0.2) is 5.78 Å². The van der Waals surface area contributed by atoms with Crippen LogP contribution in [0.4, 0.5) is 0 Å². The van der Waals surface area contributed by atoms with Crippen LogP contribution >= 0.6 is 0 Å². The summed E-state index contributed by atoms with van der Waals surface area (Å²) in [6.07, 6.45) is 1.97. The van der Waals surface area contributed by atoms with Crippen molar-refractivity contribution in [3.05, 3.63) is 101 Å². The summed E-state index contributed by atoms with van der Waals surface area (Å²) in [5.41, 5.74) is 8.15. The highest BCUT2D eigenvalue weighted by atomic mass is 16.5. The third-order valence-electron chi connectivity index (χ3n) is 5.23. The van der Waals surface area contributed by atoms with Crippen molar-refractivity contribution in [2.24, 2.45) is 0 Å². The number of ketones is 1. The molecular formula is C25H22O2. The van der Waals surface area contributed by atoms with E-state index >= 15 is 0 Å². The molecule has 0 amide bonds. The van der Waals surface area contributed by atoms with E-state index < -0.39 is 0 Å². The highest BCUT2D eigenvalue weighted by Gasteiger charge is 2.22. The first-order valence-electron chi connectivity index (χ1n) is 9.24. The first-order valence-corrected chi connectivity index (χ1v) is 9.24. The van der Waals surface area contributed by atoms with Gasteiger partial charge < -0.3 is 4.74 Å². The van der Waals surface area contributed by atoms with Crippen molar-refractivity contribution >= 4 is 16.9 Å². The molecule has 1 aliphatic rings. The lowest BCUT2D eigenvalue weighted by Gasteiger charge is -2.25. The molecule has 1 aliphatic carbocycles. The van der Waals surface area contributed by atoms with Crippen LogP contribution in [0.2, 0.25) is 0 Å². The fourth-order valence-corrected chi connectivity index (χ4v) is 3.81. The van der Waals surface area contributed by atoms with Crippen LogP contribution < -0.4 is 4.74 Å². The Morgan fingerprint density at radius 3 is 2.26 bits per heavy atom. The highest BCUT2D eigenvalue weighted by Crippen LogP contribution is 2.41. The van der Waals surface area contributed by atoms with E-state index in [9.17, 15) is 4.79 Å². The number of methoxy groups -OCH3 is 1. The molecule has 3 aromatic carbocycles. The van der Waals surface area contributed by atoms with Gasteiger partial charge in [0, 0.05) is 5.56 Å². The highest BCUT2D eigenvalue weighted by molar-refractivity contribution is 6.03. The zero-order chi connectivity index (χ0) is 18.8. The molecule has 0 saturated heterocycles. The molecule has 27 heavy (non-hydrogen) atoms. The fraction of sp³-hybridized carbons (Fsp3) is 0.160. The number of Topliss-reactive ketones (excluding diaryl/α,β-unsaturated/α-hetero) is 1. The van der Waals surface area contributed by atoms with E-state index in [-0.39, 0.29) is 5.78 Å². The van der Waals surface area contributed by atoms with E-state index in [0.29, 0.717) is 0 Å². The zero-order valence-electron chi connectivity index (χ0n) is 15.7. The summed E-state index contributed by atoms with van der Waals surface area (Å²) in [6.45, 7) is 1.62. The number of fused-ring (bicyclic) bond motifs is 1. The molecular weight excluding hydrogens is 332 g/mol. The van der Waals surface area contributed by atoms with E-state index in [1.807, 2.05) is 24.3 Å². The van der Waals surface area contributed by atoms with Crippen LogP contribution in [0.1, 0.15) is 46.0 Å².